The molecule has 5 heteroatoms. The van der Waals surface area contributed by atoms with Crippen LogP contribution in [0.25, 0.3) is 0 Å². The normalized spacial score (nSPS) is 12.6. The highest BCUT2D eigenvalue weighted by molar-refractivity contribution is 7.11. The van der Waals surface area contributed by atoms with E-state index in [1.807, 2.05) is 0 Å². The molecule has 1 rings (SSSR count). The topological polar surface area (TPSA) is 65.2 Å². The molecule has 2 N–H and O–H groups in total. The van der Waals surface area contributed by atoms with Crippen molar-refractivity contribution >= 4 is 17.1 Å². The van der Waals surface area contributed by atoms with Gasteiger partial charge in [-0.3, -0.25) is 4.79 Å². The number of hydrogen-bond donors (Lipinski definition) is 1. The third-order valence-electron chi connectivity index (χ3n) is 1.32. The number of nitrogens with two attached hydrogens (primary N) is 1. The number of carbonyl (C=O) groups excluding carboxylic acids is 1. The fourth-order valence-corrected chi connectivity index (χ4v) is 1.33. The number of ether oxygens (including phenoxy) is 1. The molecule has 0 saturated heterocycles. The van der Waals surface area contributed by atoms with E-state index in [0.29, 0.717) is 10.9 Å². The Kier molecular flexibility index (Phi) is 2.78. The van der Waals surface area contributed by atoms with Crippen molar-refractivity contribution in [3.05, 3.63) is 11.1 Å². The minimum Gasteiger partial charge on any atom is -0.473 e. The third-order valence-corrected chi connectivity index (χ3v) is 2.12. The lowest BCUT2D eigenvalue weighted by molar-refractivity contribution is 0.0963. The molecule has 4 nitrogen and oxygen atoms in total. The van der Waals surface area contributed by atoms with E-state index in [1.54, 1.807) is 12.3 Å². The number of hydrogen-bond acceptors (Lipinski definition) is 5. The fraction of sp³-hybridized carbons (Fsp3) is 0.429. The van der Waals surface area contributed by atoms with Crippen LogP contribution in [0.15, 0.2) is 5.38 Å². The van der Waals surface area contributed by atoms with Gasteiger partial charge in [-0.05, 0) is 6.92 Å². The number of thiazole rings is 1. The minimum absolute atomic E-state index is 0.158. The van der Waals surface area contributed by atoms with Gasteiger partial charge in [-0.15, -0.1) is 0 Å². The van der Waals surface area contributed by atoms with Crippen LogP contribution >= 0.6 is 11.3 Å². The van der Waals surface area contributed by atoms with Gasteiger partial charge in [0.05, 0.1) is 13.2 Å². The van der Waals surface area contributed by atoms with Crippen molar-refractivity contribution in [1.29, 1.82) is 0 Å². The van der Waals surface area contributed by atoms with Crippen molar-refractivity contribution < 1.29 is 9.53 Å². The molecule has 0 fully saturated rings. The van der Waals surface area contributed by atoms with Gasteiger partial charge in [0.2, 0.25) is 0 Å². The van der Waals surface area contributed by atoms with Crippen LogP contribution in [0.1, 0.15) is 17.4 Å². The van der Waals surface area contributed by atoms with Crippen LogP contribution in [0.5, 0.6) is 5.19 Å². The first kappa shape index (κ1) is 9.15. The van der Waals surface area contributed by atoms with Crippen LogP contribution < -0.4 is 10.5 Å². The molecule has 1 atom stereocenters. The third kappa shape index (κ3) is 1.80. The van der Waals surface area contributed by atoms with Crippen molar-refractivity contribution in [2.24, 2.45) is 5.73 Å². The predicted molar refractivity (Wildman–Crippen MR) is 46.6 cm³/mol. The Hall–Kier alpha value is -0.940. The summed E-state index contributed by atoms with van der Waals surface area (Å²) in [4.78, 5) is 15.2. The maximum atomic E-state index is 11.2. The number of aromatic nitrogens is 1. The summed E-state index contributed by atoms with van der Waals surface area (Å²) < 4.78 is 4.84. The maximum absolute atomic E-state index is 11.2. The molecule has 0 amide bonds. The first-order valence-electron chi connectivity index (χ1n) is 3.44. The SMILES string of the molecule is COc1nc(C(=O)C(C)N)cs1. The molecule has 0 aliphatic carbocycles. The lowest BCUT2D eigenvalue weighted by atomic mass is 10.2. The Morgan fingerprint density at radius 1 is 1.83 bits per heavy atom. The van der Waals surface area contributed by atoms with Gasteiger partial charge in [0.25, 0.3) is 5.19 Å². The van der Waals surface area contributed by atoms with Crippen LogP contribution in [0.2, 0.25) is 0 Å². The number of nitrogens with zero attached hydrogens (tertiary/aromatic N) is 1. The van der Waals surface area contributed by atoms with Crippen molar-refractivity contribution in [1.82, 2.24) is 4.98 Å². The summed E-state index contributed by atoms with van der Waals surface area (Å²) in [6.07, 6.45) is 0. The van der Waals surface area contributed by atoms with Crippen LogP contribution in [0.4, 0.5) is 0 Å². The summed E-state index contributed by atoms with van der Waals surface area (Å²) >= 11 is 1.29. The van der Waals surface area contributed by atoms with E-state index in [4.69, 9.17) is 10.5 Å². The quantitative estimate of drug-likeness (QED) is 0.705. The molecule has 0 aliphatic heterocycles. The number of methoxy groups -OCH3 is 1. The highest BCUT2D eigenvalue weighted by Gasteiger charge is 2.14. The van der Waals surface area contributed by atoms with Crippen LogP contribution in [-0.2, 0) is 0 Å². The fourth-order valence-electron chi connectivity index (χ4n) is 0.697. The van der Waals surface area contributed by atoms with Crippen molar-refractivity contribution in [2.45, 2.75) is 13.0 Å². The number of ketones is 1. The van der Waals surface area contributed by atoms with E-state index in [1.165, 1.54) is 18.4 Å². The smallest absolute Gasteiger partial charge is 0.273 e. The lowest BCUT2D eigenvalue weighted by Crippen LogP contribution is -2.26. The molecular weight excluding hydrogens is 176 g/mol. The highest BCUT2D eigenvalue weighted by Crippen LogP contribution is 2.17. The number of rotatable bonds is 3. The molecule has 12 heavy (non-hydrogen) atoms. The van der Waals surface area contributed by atoms with E-state index in [0.717, 1.165) is 0 Å². The largest absolute Gasteiger partial charge is 0.473 e. The second-order valence-corrected chi connectivity index (χ2v) is 3.18. The van der Waals surface area contributed by atoms with E-state index in [-0.39, 0.29) is 5.78 Å². The van der Waals surface area contributed by atoms with Crippen molar-refractivity contribution in [3.8, 4) is 5.19 Å². The summed E-state index contributed by atoms with van der Waals surface area (Å²) in [6.45, 7) is 1.63. The first-order chi connectivity index (χ1) is 5.65. The first-order valence-corrected chi connectivity index (χ1v) is 4.32. The van der Waals surface area contributed by atoms with E-state index in [9.17, 15) is 4.79 Å². The Morgan fingerprint density at radius 2 is 2.50 bits per heavy atom. The van der Waals surface area contributed by atoms with Gasteiger partial charge in [-0.2, -0.15) is 4.98 Å². The second kappa shape index (κ2) is 3.64. The zero-order chi connectivity index (χ0) is 9.14. The van der Waals surface area contributed by atoms with Crippen LogP contribution in [0.3, 0.4) is 0 Å². The van der Waals surface area contributed by atoms with Gasteiger partial charge in [0, 0.05) is 5.38 Å². The average Bonchev–Trinajstić information content (AvgIpc) is 2.50. The van der Waals surface area contributed by atoms with Gasteiger partial charge in [0.1, 0.15) is 5.69 Å². The highest BCUT2D eigenvalue weighted by atomic mass is 32.1. The van der Waals surface area contributed by atoms with Crippen molar-refractivity contribution in [2.75, 3.05) is 7.11 Å². The summed E-state index contributed by atoms with van der Waals surface area (Å²) in [5, 5.41) is 2.13. The van der Waals surface area contributed by atoms with Gasteiger partial charge in [0.15, 0.2) is 5.78 Å². The standard InChI is InChI=1S/C7H10N2O2S/c1-4(8)6(10)5-3-12-7(9-5)11-2/h3-4H,8H2,1-2H3. The summed E-state index contributed by atoms with van der Waals surface area (Å²) in [6, 6.07) is -0.503. The minimum atomic E-state index is -0.503. The van der Waals surface area contributed by atoms with Gasteiger partial charge in [-0.25, -0.2) is 0 Å². The summed E-state index contributed by atoms with van der Waals surface area (Å²) in [5.74, 6) is -0.158. The Labute approximate surface area is 74.4 Å². The maximum Gasteiger partial charge on any atom is 0.273 e. The Morgan fingerprint density at radius 3 is 2.92 bits per heavy atom. The Bertz CT molecular complexity index is 283. The molecule has 1 heterocycles. The van der Waals surface area contributed by atoms with Crippen molar-refractivity contribution in [3.63, 3.8) is 0 Å². The number of carbonyl (C=O) groups is 1. The summed E-state index contributed by atoms with van der Waals surface area (Å²) in [5.41, 5.74) is 5.77. The van der Waals surface area contributed by atoms with Crippen LogP contribution in [0, 0.1) is 0 Å². The molecule has 0 spiro atoms. The second-order valence-electron chi connectivity index (χ2n) is 2.36. The molecule has 0 saturated carbocycles. The van der Waals surface area contributed by atoms with E-state index in [2.05, 4.69) is 4.98 Å². The van der Waals surface area contributed by atoms with Gasteiger partial charge < -0.3 is 10.5 Å². The lowest BCUT2D eigenvalue weighted by Gasteiger charge is -1.98. The summed E-state index contributed by atoms with van der Waals surface area (Å²) in [7, 11) is 1.51. The Balaban J connectivity index is 2.82. The van der Waals surface area contributed by atoms with E-state index >= 15 is 0 Å². The zero-order valence-electron chi connectivity index (χ0n) is 6.90. The molecule has 0 aliphatic rings. The van der Waals surface area contributed by atoms with Crippen LogP contribution in [-0.4, -0.2) is 23.9 Å². The number of Topliss-reactive ketones (excluding diaryl/α,β-unsaturated/α-hetero) is 1. The molecule has 1 aromatic rings. The molecule has 0 aromatic carbocycles. The van der Waals surface area contributed by atoms with Gasteiger partial charge in [-0.1, -0.05) is 11.3 Å². The van der Waals surface area contributed by atoms with E-state index < -0.39 is 6.04 Å². The molecule has 0 radical (unpaired) electrons. The monoisotopic (exact) mass is 186 g/mol. The molecule has 66 valence electrons. The average molecular weight is 186 g/mol. The van der Waals surface area contributed by atoms with Gasteiger partial charge >= 0.3 is 0 Å². The molecule has 0 bridgehead atoms. The molecular formula is C7H10N2O2S. The molecule has 1 unspecified atom stereocenters. The zero-order valence-corrected chi connectivity index (χ0v) is 7.72. The predicted octanol–water partition coefficient (Wildman–Crippen LogP) is 0.682. The molecule has 1 aromatic heterocycles.